The molecule has 0 spiro atoms. The van der Waals surface area contributed by atoms with Crippen molar-refractivity contribution in [3.8, 4) is 0 Å². The third-order valence-corrected chi connectivity index (χ3v) is 4.56. The average Bonchev–Trinajstić information content (AvgIpc) is 2.78. The zero-order valence-corrected chi connectivity index (χ0v) is 13.9. The van der Waals surface area contributed by atoms with E-state index in [9.17, 15) is 0 Å². The van der Waals surface area contributed by atoms with Crippen LogP contribution in [0, 0.1) is 6.92 Å². The standard InChI is InChI=1S/C14H22N2S.2ClH/c1-3-4-5-13(14-12(2)6-11-17-14)16-9-7-15-8-10-16;;/h3,6,11,13,15H,1,4-5,7-10H2,2H3;2*1H/t13-;;/m0../s1. The van der Waals surface area contributed by atoms with Crippen molar-refractivity contribution in [3.63, 3.8) is 0 Å². The molecule has 1 aliphatic rings. The maximum absolute atomic E-state index is 3.85. The molecule has 1 atom stereocenters. The monoisotopic (exact) mass is 322 g/mol. The number of piperazine rings is 1. The number of nitrogens with zero attached hydrogens (tertiary/aromatic N) is 1. The van der Waals surface area contributed by atoms with E-state index in [0.29, 0.717) is 6.04 Å². The van der Waals surface area contributed by atoms with Gasteiger partial charge in [0.25, 0.3) is 0 Å². The van der Waals surface area contributed by atoms with E-state index in [1.165, 1.54) is 25.1 Å². The molecular formula is C14H24Cl2N2S. The van der Waals surface area contributed by atoms with Gasteiger partial charge in [-0.05, 0) is 36.8 Å². The summed E-state index contributed by atoms with van der Waals surface area (Å²) < 4.78 is 0. The fourth-order valence-electron chi connectivity index (χ4n) is 2.47. The quantitative estimate of drug-likeness (QED) is 0.829. The van der Waals surface area contributed by atoms with Crippen molar-refractivity contribution in [3.05, 3.63) is 34.5 Å². The summed E-state index contributed by atoms with van der Waals surface area (Å²) in [5, 5.41) is 5.64. The summed E-state index contributed by atoms with van der Waals surface area (Å²) in [6, 6.07) is 2.83. The van der Waals surface area contributed by atoms with Crippen LogP contribution in [0.1, 0.15) is 29.3 Å². The van der Waals surface area contributed by atoms with Gasteiger partial charge in [0.1, 0.15) is 0 Å². The fourth-order valence-corrected chi connectivity index (χ4v) is 3.57. The molecule has 2 heterocycles. The Kier molecular flexibility index (Phi) is 9.75. The number of aryl methyl sites for hydroxylation is 1. The van der Waals surface area contributed by atoms with Gasteiger partial charge in [0, 0.05) is 37.1 Å². The average molecular weight is 323 g/mol. The van der Waals surface area contributed by atoms with Crippen molar-refractivity contribution in [2.45, 2.75) is 25.8 Å². The predicted molar refractivity (Wildman–Crippen MR) is 90.2 cm³/mol. The molecular weight excluding hydrogens is 299 g/mol. The van der Waals surface area contributed by atoms with E-state index in [4.69, 9.17) is 0 Å². The van der Waals surface area contributed by atoms with Crippen molar-refractivity contribution >= 4 is 36.2 Å². The first-order valence-electron chi connectivity index (χ1n) is 6.42. The Balaban J connectivity index is 0.00000162. The lowest BCUT2D eigenvalue weighted by molar-refractivity contribution is 0.168. The van der Waals surface area contributed by atoms with E-state index >= 15 is 0 Å². The van der Waals surface area contributed by atoms with Gasteiger partial charge in [0.15, 0.2) is 0 Å². The molecule has 1 N–H and O–H groups in total. The number of hydrogen-bond acceptors (Lipinski definition) is 3. The van der Waals surface area contributed by atoms with Crippen molar-refractivity contribution in [2.24, 2.45) is 0 Å². The maximum atomic E-state index is 3.85. The Bertz CT molecular complexity index is 362. The van der Waals surface area contributed by atoms with Crippen molar-refractivity contribution in [2.75, 3.05) is 26.2 Å². The highest BCUT2D eigenvalue weighted by Crippen LogP contribution is 2.32. The minimum absolute atomic E-state index is 0. The van der Waals surface area contributed by atoms with Crippen molar-refractivity contribution < 1.29 is 0 Å². The van der Waals surface area contributed by atoms with E-state index in [1.807, 2.05) is 17.4 Å². The number of rotatable bonds is 5. The molecule has 0 aliphatic carbocycles. The van der Waals surface area contributed by atoms with E-state index in [1.54, 1.807) is 4.88 Å². The van der Waals surface area contributed by atoms with Crippen LogP contribution in [0.2, 0.25) is 0 Å². The number of allylic oxidation sites excluding steroid dienone is 1. The smallest absolute Gasteiger partial charge is 0.0448 e. The first-order valence-corrected chi connectivity index (χ1v) is 7.30. The van der Waals surface area contributed by atoms with E-state index in [0.717, 1.165) is 19.5 Å². The van der Waals surface area contributed by atoms with Crippen LogP contribution >= 0.6 is 36.2 Å². The number of thiophene rings is 1. The van der Waals surface area contributed by atoms with E-state index in [-0.39, 0.29) is 24.8 Å². The molecule has 0 unspecified atom stereocenters. The van der Waals surface area contributed by atoms with Crippen LogP contribution in [-0.2, 0) is 0 Å². The van der Waals surface area contributed by atoms with Gasteiger partial charge in [-0.15, -0.1) is 42.7 Å². The van der Waals surface area contributed by atoms with E-state index in [2.05, 4.69) is 35.2 Å². The molecule has 1 aromatic heterocycles. The molecule has 110 valence electrons. The topological polar surface area (TPSA) is 15.3 Å². The molecule has 0 saturated carbocycles. The second-order valence-corrected chi connectivity index (χ2v) is 5.58. The zero-order valence-electron chi connectivity index (χ0n) is 11.4. The summed E-state index contributed by atoms with van der Waals surface area (Å²) in [4.78, 5) is 4.17. The lowest BCUT2D eigenvalue weighted by Gasteiger charge is -2.34. The molecule has 1 aliphatic heterocycles. The summed E-state index contributed by atoms with van der Waals surface area (Å²) in [6.07, 6.45) is 4.34. The van der Waals surface area contributed by atoms with Gasteiger partial charge < -0.3 is 5.32 Å². The van der Waals surface area contributed by atoms with Gasteiger partial charge in [0.2, 0.25) is 0 Å². The zero-order chi connectivity index (χ0) is 12.1. The summed E-state index contributed by atoms with van der Waals surface area (Å²) in [6.45, 7) is 10.7. The van der Waals surface area contributed by atoms with E-state index < -0.39 is 0 Å². The Morgan fingerprint density at radius 2 is 2.11 bits per heavy atom. The SMILES string of the molecule is C=CCC[C@@H](c1sccc1C)N1CCNCC1.Cl.Cl. The highest BCUT2D eigenvalue weighted by molar-refractivity contribution is 7.10. The number of halogens is 2. The Morgan fingerprint density at radius 3 is 2.63 bits per heavy atom. The Labute approximate surface area is 133 Å². The highest BCUT2D eigenvalue weighted by Gasteiger charge is 2.23. The Morgan fingerprint density at radius 1 is 1.42 bits per heavy atom. The van der Waals surface area contributed by atoms with Crippen molar-refractivity contribution in [1.82, 2.24) is 10.2 Å². The van der Waals surface area contributed by atoms with Crippen LogP contribution in [0.3, 0.4) is 0 Å². The molecule has 5 heteroatoms. The molecule has 1 aromatic rings. The van der Waals surface area contributed by atoms with Crippen molar-refractivity contribution in [1.29, 1.82) is 0 Å². The van der Waals surface area contributed by atoms with Gasteiger partial charge >= 0.3 is 0 Å². The minimum atomic E-state index is 0. The normalized spacial score (nSPS) is 17.1. The maximum Gasteiger partial charge on any atom is 0.0448 e. The highest BCUT2D eigenvalue weighted by atomic mass is 35.5. The lowest BCUT2D eigenvalue weighted by atomic mass is 10.0. The van der Waals surface area contributed by atoms with Gasteiger partial charge in [-0.1, -0.05) is 6.08 Å². The lowest BCUT2D eigenvalue weighted by Crippen LogP contribution is -2.45. The van der Waals surface area contributed by atoms with Gasteiger partial charge in [-0.3, -0.25) is 4.90 Å². The van der Waals surface area contributed by atoms with Crippen LogP contribution in [0.25, 0.3) is 0 Å². The molecule has 19 heavy (non-hydrogen) atoms. The van der Waals surface area contributed by atoms with Crippen LogP contribution in [0.5, 0.6) is 0 Å². The van der Waals surface area contributed by atoms with Gasteiger partial charge in [0.05, 0.1) is 0 Å². The Hall–Kier alpha value is -0.0600. The summed E-state index contributed by atoms with van der Waals surface area (Å²) >= 11 is 1.91. The fraction of sp³-hybridized carbons (Fsp3) is 0.571. The molecule has 2 nitrogen and oxygen atoms in total. The predicted octanol–water partition coefficient (Wildman–Crippen LogP) is 3.81. The van der Waals surface area contributed by atoms with Crippen LogP contribution in [-0.4, -0.2) is 31.1 Å². The summed E-state index contributed by atoms with van der Waals surface area (Å²) in [7, 11) is 0. The molecule has 0 aromatic carbocycles. The second-order valence-electron chi connectivity index (χ2n) is 4.64. The molecule has 1 fully saturated rings. The minimum Gasteiger partial charge on any atom is -0.314 e. The van der Waals surface area contributed by atoms with Gasteiger partial charge in [-0.25, -0.2) is 0 Å². The third kappa shape index (κ3) is 5.09. The van der Waals surface area contributed by atoms with Crippen LogP contribution < -0.4 is 5.32 Å². The molecule has 0 amide bonds. The molecule has 1 saturated heterocycles. The molecule has 2 rings (SSSR count). The number of nitrogens with one attached hydrogen (secondary N) is 1. The second kappa shape index (κ2) is 9.78. The molecule has 0 bridgehead atoms. The van der Waals surface area contributed by atoms with Crippen LogP contribution in [0.15, 0.2) is 24.1 Å². The van der Waals surface area contributed by atoms with Gasteiger partial charge in [-0.2, -0.15) is 0 Å². The first kappa shape index (κ1) is 18.9. The van der Waals surface area contributed by atoms with Crippen LogP contribution in [0.4, 0.5) is 0 Å². The number of hydrogen-bond donors (Lipinski definition) is 1. The summed E-state index contributed by atoms with van der Waals surface area (Å²) in [5.41, 5.74) is 1.45. The third-order valence-electron chi connectivity index (χ3n) is 3.44. The largest absolute Gasteiger partial charge is 0.314 e. The summed E-state index contributed by atoms with van der Waals surface area (Å²) in [5.74, 6) is 0. The first-order chi connectivity index (χ1) is 8.33. The molecule has 0 radical (unpaired) electrons.